The summed E-state index contributed by atoms with van der Waals surface area (Å²) in [7, 11) is 0. The van der Waals surface area contributed by atoms with Gasteiger partial charge in [-0.2, -0.15) is 13.2 Å². The molecule has 4 aliphatic carbocycles. The van der Waals surface area contributed by atoms with Crippen molar-refractivity contribution < 1.29 is 32.5 Å². The summed E-state index contributed by atoms with van der Waals surface area (Å²) in [5.74, 6) is -0.992. The van der Waals surface area contributed by atoms with E-state index in [-0.39, 0.29) is 23.0 Å². The Morgan fingerprint density at radius 3 is 2.44 bits per heavy atom. The molecular weight excluding hydrogens is 507 g/mol. The summed E-state index contributed by atoms with van der Waals surface area (Å²) in [6.07, 6.45) is -0.705. The Balaban J connectivity index is 1.75. The molecule has 0 saturated heterocycles. The average Bonchev–Trinajstić information content (AvgIpc) is 3.31. The van der Waals surface area contributed by atoms with Crippen molar-refractivity contribution in [2.45, 2.75) is 97.8 Å². The minimum atomic E-state index is -4.71. The lowest BCUT2D eigenvalue weighted by Crippen LogP contribution is -2.67. The zero-order chi connectivity index (χ0) is 28.9. The molecule has 0 aromatic carbocycles. The quantitative estimate of drug-likeness (QED) is 0.433. The Morgan fingerprint density at radius 1 is 1.18 bits per heavy atom. The maximum absolute atomic E-state index is 14.8. The van der Waals surface area contributed by atoms with Crippen molar-refractivity contribution in [2.75, 3.05) is 0 Å². The molecule has 1 aromatic heterocycles. The first kappa shape index (κ1) is 28.3. The van der Waals surface area contributed by atoms with Crippen molar-refractivity contribution in [3.8, 4) is 5.88 Å². The van der Waals surface area contributed by atoms with Gasteiger partial charge in [0.25, 0.3) is 0 Å². The molecule has 0 amide bonds. The van der Waals surface area contributed by atoms with E-state index in [4.69, 9.17) is 9.47 Å². The van der Waals surface area contributed by atoms with E-state index in [1.807, 2.05) is 40.7 Å². The molecule has 5 nitrogen and oxygen atoms in total. The van der Waals surface area contributed by atoms with E-state index in [0.717, 1.165) is 11.6 Å². The van der Waals surface area contributed by atoms with E-state index in [9.17, 15) is 23.1 Å². The number of halogens is 3. The number of hydrogen-bond acceptors (Lipinski definition) is 5. The lowest BCUT2D eigenvalue weighted by molar-refractivity contribution is -0.216. The summed E-state index contributed by atoms with van der Waals surface area (Å²) in [6.45, 7) is 15.7. The molecule has 2 saturated carbocycles. The van der Waals surface area contributed by atoms with Crippen LogP contribution in [0.4, 0.5) is 13.2 Å². The van der Waals surface area contributed by atoms with E-state index in [1.165, 1.54) is 12.3 Å². The van der Waals surface area contributed by atoms with Crippen molar-refractivity contribution in [3.63, 3.8) is 0 Å². The first-order valence-electron chi connectivity index (χ1n) is 13.9. The number of carbonyl (C=O) groups is 1. The molecule has 1 aromatic rings. The van der Waals surface area contributed by atoms with Crippen LogP contribution in [0.3, 0.4) is 0 Å². The minimum Gasteiger partial charge on any atom is -0.466 e. The van der Waals surface area contributed by atoms with Crippen molar-refractivity contribution in [3.05, 3.63) is 47.2 Å². The van der Waals surface area contributed by atoms with Gasteiger partial charge < -0.3 is 14.6 Å². The number of aliphatic hydroxyl groups is 1. The summed E-state index contributed by atoms with van der Waals surface area (Å²) < 4.78 is 54.5. The van der Waals surface area contributed by atoms with Gasteiger partial charge in [0.05, 0.1) is 11.0 Å². The van der Waals surface area contributed by atoms with Crippen molar-refractivity contribution >= 4 is 5.78 Å². The lowest BCUT2D eigenvalue weighted by Gasteiger charge is -2.51. The molecular formula is C31H40F3NO4. The standard InChI is InChI=1S/C31H40F3NO4/c1-9-18-14-19-22-21(28(22,7)8)13-17(3)29(23(19)36)15-16(2)24(30(29,37)25(18)39-27(4,5)6)38-26-20(31(32,33)34)11-10-12-35-26/h10-12,14-15,17,19,21-22,24-25,37H,9,13H2,1-8H3/t17-,19+,21?,22?,24+,25-,29+,30-/m1/s1. The highest BCUT2D eigenvalue weighted by atomic mass is 19.4. The lowest BCUT2D eigenvalue weighted by atomic mass is 9.58. The number of aromatic nitrogens is 1. The van der Waals surface area contributed by atoms with Gasteiger partial charge in [-0.05, 0) is 87.0 Å². The molecule has 4 aliphatic rings. The van der Waals surface area contributed by atoms with Crippen LogP contribution in [0.25, 0.3) is 0 Å². The Bertz CT molecular complexity index is 1240. The average molecular weight is 548 g/mol. The van der Waals surface area contributed by atoms with Gasteiger partial charge in [0.2, 0.25) is 5.88 Å². The predicted molar refractivity (Wildman–Crippen MR) is 141 cm³/mol. The predicted octanol–water partition coefficient (Wildman–Crippen LogP) is 6.56. The van der Waals surface area contributed by atoms with E-state index >= 15 is 0 Å². The highest BCUT2D eigenvalue weighted by molar-refractivity contribution is 5.95. The number of nitrogens with zero attached hydrogens (tertiary/aromatic N) is 1. The molecule has 8 atom stereocenters. The fourth-order valence-corrected chi connectivity index (χ4v) is 8.07. The molecule has 1 spiro atoms. The molecule has 2 bridgehead atoms. The van der Waals surface area contributed by atoms with Crippen LogP contribution in [0.1, 0.15) is 73.8 Å². The zero-order valence-electron chi connectivity index (χ0n) is 24.0. The molecule has 214 valence electrons. The van der Waals surface area contributed by atoms with Crippen LogP contribution in [0.5, 0.6) is 5.88 Å². The maximum Gasteiger partial charge on any atom is 0.421 e. The van der Waals surface area contributed by atoms with Crippen LogP contribution in [0, 0.1) is 34.5 Å². The fourth-order valence-electron chi connectivity index (χ4n) is 8.07. The number of hydrogen-bond donors (Lipinski definition) is 1. The van der Waals surface area contributed by atoms with Gasteiger partial charge in [-0.15, -0.1) is 0 Å². The Morgan fingerprint density at radius 2 is 1.85 bits per heavy atom. The third kappa shape index (κ3) is 3.95. The van der Waals surface area contributed by atoms with Crippen LogP contribution in [0.2, 0.25) is 0 Å². The van der Waals surface area contributed by atoms with Crippen molar-refractivity contribution in [1.29, 1.82) is 0 Å². The Kier molecular flexibility index (Phi) is 6.29. The SMILES string of the molecule is CCC1=C[C@@H]2C(=O)[C@]3(C=C(C)[C@H](Oc4ncccc4C(F)(F)F)[C@@]3(O)[C@@H]1OC(C)(C)C)[C@H](C)CC1C2C1(C)C. The van der Waals surface area contributed by atoms with E-state index in [0.29, 0.717) is 24.3 Å². The Hall–Kier alpha value is -2.19. The highest BCUT2D eigenvalue weighted by Crippen LogP contribution is 2.72. The number of carbonyl (C=O) groups excluding carboxylic acids is 1. The van der Waals surface area contributed by atoms with Gasteiger partial charge >= 0.3 is 6.18 Å². The van der Waals surface area contributed by atoms with E-state index in [1.54, 1.807) is 13.0 Å². The van der Waals surface area contributed by atoms with Crippen molar-refractivity contribution in [1.82, 2.24) is 4.98 Å². The minimum absolute atomic E-state index is 0.0166. The second-order valence-corrected chi connectivity index (χ2v) is 13.6. The second kappa shape index (κ2) is 8.65. The maximum atomic E-state index is 14.8. The normalized spacial score (nSPS) is 39.1. The number of fused-ring (bicyclic) bond motifs is 3. The third-order valence-corrected chi connectivity index (χ3v) is 9.87. The van der Waals surface area contributed by atoms with Gasteiger partial charge in [-0.3, -0.25) is 4.79 Å². The topological polar surface area (TPSA) is 68.7 Å². The van der Waals surface area contributed by atoms with Gasteiger partial charge in [-0.1, -0.05) is 39.8 Å². The summed E-state index contributed by atoms with van der Waals surface area (Å²) >= 11 is 0. The number of ketones is 1. The summed E-state index contributed by atoms with van der Waals surface area (Å²) in [4.78, 5) is 18.7. The first-order valence-corrected chi connectivity index (χ1v) is 13.9. The zero-order valence-corrected chi connectivity index (χ0v) is 24.0. The molecule has 8 heteroatoms. The number of Topliss-reactive ketones (excluding diaryl/α,β-unsaturated/α-hetero) is 1. The molecule has 2 fully saturated rings. The molecule has 0 radical (unpaired) electrons. The van der Waals surface area contributed by atoms with Crippen LogP contribution in [0.15, 0.2) is 41.6 Å². The van der Waals surface area contributed by atoms with Crippen LogP contribution >= 0.6 is 0 Å². The fraction of sp³-hybridized carbons (Fsp3) is 0.677. The Labute approximate surface area is 228 Å². The molecule has 1 heterocycles. The molecule has 1 N–H and O–H groups in total. The van der Waals surface area contributed by atoms with Gasteiger partial charge in [0, 0.05) is 12.1 Å². The number of pyridine rings is 1. The second-order valence-electron chi connectivity index (χ2n) is 13.6. The monoisotopic (exact) mass is 547 g/mol. The third-order valence-electron chi connectivity index (χ3n) is 9.87. The number of rotatable bonds is 4. The first-order chi connectivity index (χ1) is 17.9. The summed E-state index contributed by atoms with van der Waals surface area (Å²) in [6, 6.07) is 2.11. The molecule has 2 unspecified atom stereocenters. The van der Waals surface area contributed by atoms with Gasteiger partial charge in [0.1, 0.15) is 11.7 Å². The van der Waals surface area contributed by atoms with Gasteiger partial charge in [-0.25, -0.2) is 4.98 Å². The molecule has 0 aliphatic heterocycles. The number of allylic oxidation sites excluding steroid dienone is 1. The summed E-state index contributed by atoms with van der Waals surface area (Å²) in [5, 5.41) is 13.1. The van der Waals surface area contributed by atoms with Gasteiger partial charge in [0.15, 0.2) is 17.5 Å². The molecule has 39 heavy (non-hydrogen) atoms. The largest absolute Gasteiger partial charge is 0.466 e. The van der Waals surface area contributed by atoms with Crippen molar-refractivity contribution in [2.24, 2.45) is 34.5 Å². The highest BCUT2D eigenvalue weighted by Gasteiger charge is 2.76. The smallest absolute Gasteiger partial charge is 0.421 e. The molecule has 5 rings (SSSR count). The van der Waals surface area contributed by atoms with Crippen LogP contribution < -0.4 is 4.74 Å². The van der Waals surface area contributed by atoms with E-state index < -0.39 is 52.4 Å². The van der Waals surface area contributed by atoms with Crippen LogP contribution in [-0.2, 0) is 15.7 Å². The number of alkyl halides is 3. The van der Waals surface area contributed by atoms with Crippen LogP contribution in [-0.4, -0.2) is 39.3 Å². The van der Waals surface area contributed by atoms with E-state index in [2.05, 4.69) is 18.8 Å². The number of ether oxygens (including phenoxy) is 2. The summed E-state index contributed by atoms with van der Waals surface area (Å²) in [5.41, 5.74) is -3.87.